The van der Waals surface area contributed by atoms with Gasteiger partial charge in [0.2, 0.25) is 0 Å². The lowest BCUT2D eigenvalue weighted by atomic mass is 10.3. The third kappa shape index (κ3) is 2.30. The van der Waals surface area contributed by atoms with Gasteiger partial charge in [-0.1, -0.05) is 5.16 Å². The molecule has 0 aliphatic rings. The highest BCUT2D eigenvalue weighted by molar-refractivity contribution is 9.11. The highest BCUT2D eigenvalue weighted by atomic mass is 79.9. The van der Waals surface area contributed by atoms with Crippen molar-refractivity contribution in [1.29, 1.82) is 0 Å². The number of halogens is 1. The summed E-state index contributed by atoms with van der Waals surface area (Å²) in [6, 6.07) is 1.91. The Morgan fingerprint density at radius 3 is 2.81 bits per heavy atom. The number of aryl methyl sites for hydroxylation is 2. The molecule has 0 bridgehead atoms. The first-order valence-corrected chi connectivity index (χ1v) is 6.05. The summed E-state index contributed by atoms with van der Waals surface area (Å²) >= 11 is 4.72. The smallest absolute Gasteiger partial charge is 0.315 e. The van der Waals surface area contributed by atoms with Gasteiger partial charge in [0.1, 0.15) is 0 Å². The fourth-order valence-corrected chi connectivity index (χ4v) is 2.51. The van der Waals surface area contributed by atoms with Gasteiger partial charge in [0, 0.05) is 0 Å². The third-order valence-electron chi connectivity index (χ3n) is 1.83. The molecule has 0 spiro atoms. The number of thiophene rings is 1. The number of anilines is 1. The van der Waals surface area contributed by atoms with Crippen LogP contribution in [0.25, 0.3) is 0 Å². The van der Waals surface area contributed by atoms with Gasteiger partial charge >= 0.3 is 6.01 Å². The highest BCUT2D eigenvalue weighted by Crippen LogP contribution is 2.27. The van der Waals surface area contributed by atoms with Gasteiger partial charge in [-0.25, -0.2) is 0 Å². The number of rotatable bonds is 2. The predicted molar refractivity (Wildman–Crippen MR) is 63.7 cm³/mol. The van der Waals surface area contributed by atoms with Gasteiger partial charge in [0.05, 0.1) is 8.66 Å². The van der Waals surface area contributed by atoms with E-state index in [0.717, 1.165) is 9.35 Å². The van der Waals surface area contributed by atoms with Crippen LogP contribution in [0.3, 0.4) is 0 Å². The Morgan fingerprint density at radius 2 is 2.31 bits per heavy atom. The summed E-state index contributed by atoms with van der Waals surface area (Å²) in [4.78, 5) is 16.2. The standard InChI is InChI=1S/C9H8BrN3O2S/c1-4-3-6(16-7(4)10)8(14)12-9-11-5(2)13-15-9/h3H,1-2H3,(H,11,12,13,14). The van der Waals surface area contributed by atoms with Crippen molar-refractivity contribution in [3.8, 4) is 0 Å². The molecule has 0 atom stereocenters. The van der Waals surface area contributed by atoms with Crippen LogP contribution in [0.15, 0.2) is 14.4 Å². The normalized spacial score (nSPS) is 10.4. The average Bonchev–Trinajstić information content (AvgIpc) is 2.75. The van der Waals surface area contributed by atoms with Crippen molar-refractivity contribution in [2.75, 3.05) is 5.32 Å². The topological polar surface area (TPSA) is 68.0 Å². The molecule has 7 heteroatoms. The van der Waals surface area contributed by atoms with Crippen LogP contribution < -0.4 is 5.32 Å². The minimum atomic E-state index is -0.248. The molecule has 0 fully saturated rings. The number of nitrogens with zero attached hydrogens (tertiary/aromatic N) is 2. The van der Waals surface area contributed by atoms with E-state index in [1.807, 2.05) is 6.92 Å². The molecule has 0 saturated carbocycles. The maximum absolute atomic E-state index is 11.7. The minimum absolute atomic E-state index is 0.115. The van der Waals surface area contributed by atoms with E-state index in [0.29, 0.717) is 10.7 Å². The van der Waals surface area contributed by atoms with Crippen molar-refractivity contribution in [1.82, 2.24) is 10.1 Å². The van der Waals surface area contributed by atoms with Crippen LogP contribution in [0.1, 0.15) is 21.1 Å². The van der Waals surface area contributed by atoms with E-state index in [2.05, 4.69) is 31.4 Å². The molecule has 2 heterocycles. The lowest BCUT2D eigenvalue weighted by Crippen LogP contribution is -2.10. The summed E-state index contributed by atoms with van der Waals surface area (Å²) in [5, 5.41) is 6.11. The van der Waals surface area contributed by atoms with Gasteiger partial charge in [0.25, 0.3) is 5.91 Å². The number of hydrogen-bond acceptors (Lipinski definition) is 5. The van der Waals surface area contributed by atoms with E-state index >= 15 is 0 Å². The molecule has 0 radical (unpaired) electrons. The lowest BCUT2D eigenvalue weighted by molar-refractivity contribution is 0.102. The summed E-state index contributed by atoms with van der Waals surface area (Å²) < 4.78 is 5.74. The Balaban J connectivity index is 2.14. The van der Waals surface area contributed by atoms with Crippen LogP contribution >= 0.6 is 27.3 Å². The summed E-state index contributed by atoms with van der Waals surface area (Å²) in [5.74, 6) is 0.237. The molecule has 0 aromatic carbocycles. The van der Waals surface area contributed by atoms with Crippen LogP contribution in [0.2, 0.25) is 0 Å². The number of nitrogens with one attached hydrogen (secondary N) is 1. The van der Waals surface area contributed by atoms with Gasteiger partial charge in [-0.05, 0) is 41.4 Å². The quantitative estimate of drug-likeness (QED) is 0.926. The summed E-state index contributed by atoms with van der Waals surface area (Å²) in [6.07, 6.45) is 0. The SMILES string of the molecule is Cc1noc(NC(=O)c2cc(C)c(Br)s2)n1. The van der Waals surface area contributed by atoms with Gasteiger partial charge in [-0.2, -0.15) is 4.98 Å². The van der Waals surface area contributed by atoms with Crippen LogP contribution in [0.5, 0.6) is 0 Å². The molecule has 84 valence electrons. The van der Waals surface area contributed by atoms with Crippen molar-refractivity contribution >= 4 is 39.2 Å². The van der Waals surface area contributed by atoms with E-state index in [1.54, 1.807) is 13.0 Å². The molecule has 5 nitrogen and oxygen atoms in total. The van der Waals surface area contributed by atoms with Crippen LogP contribution in [0, 0.1) is 13.8 Å². The Kier molecular flexibility index (Phi) is 3.06. The zero-order chi connectivity index (χ0) is 11.7. The maximum Gasteiger partial charge on any atom is 0.328 e. The Hall–Kier alpha value is -1.21. The van der Waals surface area contributed by atoms with Gasteiger partial charge in [-0.3, -0.25) is 10.1 Å². The largest absolute Gasteiger partial charge is 0.328 e. The maximum atomic E-state index is 11.7. The average molecular weight is 302 g/mol. The monoisotopic (exact) mass is 301 g/mol. The van der Waals surface area contributed by atoms with Gasteiger partial charge in [-0.15, -0.1) is 11.3 Å². The molecule has 0 unspecified atom stereocenters. The van der Waals surface area contributed by atoms with Crippen molar-refractivity contribution < 1.29 is 9.32 Å². The lowest BCUT2D eigenvalue weighted by Gasteiger charge is -1.94. The molecule has 16 heavy (non-hydrogen) atoms. The molecular formula is C9H8BrN3O2S. The zero-order valence-electron chi connectivity index (χ0n) is 8.57. The van der Waals surface area contributed by atoms with E-state index in [4.69, 9.17) is 4.52 Å². The third-order valence-corrected chi connectivity index (χ3v) is 3.96. The number of hydrogen-bond donors (Lipinski definition) is 1. The van der Waals surface area contributed by atoms with E-state index in [1.165, 1.54) is 11.3 Å². The van der Waals surface area contributed by atoms with E-state index in [-0.39, 0.29) is 11.9 Å². The number of carbonyl (C=O) groups is 1. The van der Waals surface area contributed by atoms with Gasteiger partial charge < -0.3 is 4.52 Å². The van der Waals surface area contributed by atoms with E-state index in [9.17, 15) is 4.79 Å². The number of aromatic nitrogens is 2. The summed E-state index contributed by atoms with van der Waals surface area (Å²) in [7, 11) is 0. The summed E-state index contributed by atoms with van der Waals surface area (Å²) in [6.45, 7) is 3.61. The molecule has 0 aliphatic carbocycles. The fourth-order valence-electron chi connectivity index (χ4n) is 1.08. The van der Waals surface area contributed by atoms with Crippen molar-refractivity contribution in [3.05, 3.63) is 26.1 Å². The second-order valence-corrected chi connectivity index (χ2v) is 5.54. The van der Waals surface area contributed by atoms with Crippen LogP contribution in [-0.4, -0.2) is 16.0 Å². The molecule has 0 saturated heterocycles. The summed E-state index contributed by atoms with van der Waals surface area (Å²) in [5.41, 5.74) is 1.02. The zero-order valence-corrected chi connectivity index (χ0v) is 11.0. The van der Waals surface area contributed by atoms with Crippen molar-refractivity contribution in [2.45, 2.75) is 13.8 Å². The van der Waals surface area contributed by atoms with Crippen LogP contribution in [0.4, 0.5) is 6.01 Å². The predicted octanol–water partition coefficient (Wildman–Crippen LogP) is 2.76. The fraction of sp³-hybridized carbons (Fsp3) is 0.222. The van der Waals surface area contributed by atoms with E-state index < -0.39 is 0 Å². The van der Waals surface area contributed by atoms with Crippen molar-refractivity contribution in [3.63, 3.8) is 0 Å². The Bertz CT molecular complexity index is 515. The number of amides is 1. The Morgan fingerprint density at radius 1 is 1.56 bits per heavy atom. The first-order valence-electron chi connectivity index (χ1n) is 4.44. The van der Waals surface area contributed by atoms with Crippen LogP contribution in [-0.2, 0) is 0 Å². The number of carbonyl (C=O) groups excluding carboxylic acids is 1. The second-order valence-electron chi connectivity index (χ2n) is 3.17. The van der Waals surface area contributed by atoms with Crippen molar-refractivity contribution in [2.24, 2.45) is 0 Å². The Labute approximate surface area is 104 Å². The first kappa shape index (κ1) is 11.3. The second kappa shape index (κ2) is 4.34. The highest BCUT2D eigenvalue weighted by Gasteiger charge is 2.13. The molecule has 0 aliphatic heterocycles. The molecular weight excluding hydrogens is 294 g/mol. The molecule has 2 aromatic heterocycles. The first-order chi connectivity index (χ1) is 7.56. The minimum Gasteiger partial charge on any atom is -0.315 e. The molecule has 2 aromatic rings. The molecule has 2 rings (SSSR count). The van der Waals surface area contributed by atoms with Gasteiger partial charge in [0.15, 0.2) is 5.82 Å². The molecule has 1 N–H and O–H groups in total. The molecule has 1 amide bonds.